The number of aromatic nitrogens is 2. The maximum atomic E-state index is 12.7. The Morgan fingerprint density at radius 2 is 1.64 bits per heavy atom. The topological polar surface area (TPSA) is 69.0 Å². The van der Waals surface area contributed by atoms with Crippen LogP contribution in [0.3, 0.4) is 0 Å². The summed E-state index contributed by atoms with van der Waals surface area (Å²) in [7, 11) is -3.88. The molecule has 0 amide bonds. The van der Waals surface area contributed by atoms with Crippen LogP contribution in [0.2, 0.25) is 5.15 Å². The van der Waals surface area contributed by atoms with Crippen molar-refractivity contribution < 1.29 is 26.4 Å². The lowest BCUT2D eigenvalue weighted by molar-refractivity contribution is -0.137. The van der Waals surface area contributed by atoms with Crippen LogP contribution < -0.4 is 0 Å². The highest BCUT2D eigenvalue weighted by atomic mass is 35.5. The average Bonchev–Trinajstić information content (AvgIpc) is 3.03. The molecule has 3 rings (SSSR count). The van der Waals surface area contributed by atoms with Crippen molar-refractivity contribution >= 4 is 27.2 Å². The van der Waals surface area contributed by atoms with E-state index in [1.54, 1.807) is 6.07 Å². The third-order valence-corrected chi connectivity index (χ3v) is 5.86. The van der Waals surface area contributed by atoms with Crippen LogP contribution in [0.4, 0.5) is 13.2 Å². The average molecular weight is 429 g/mol. The first-order valence-corrected chi connectivity index (χ1v) is 9.84. The Balaban J connectivity index is 1.86. The van der Waals surface area contributed by atoms with Gasteiger partial charge in [0.2, 0.25) is 0 Å². The summed E-state index contributed by atoms with van der Waals surface area (Å²) in [5.41, 5.74) is -0.866. The van der Waals surface area contributed by atoms with Gasteiger partial charge in [0, 0.05) is 5.69 Å². The summed E-state index contributed by atoms with van der Waals surface area (Å²) in [6, 6.07) is 11.5. The highest BCUT2D eigenvalue weighted by Gasteiger charge is 2.30. The van der Waals surface area contributed by atoms with Crippen LogP contribution in [0, 0.1) is 0 Å². The lowest BCUT2D eigenvalue weighted by atomic mass is 10.2. The summed E-state index contributed by atoms with van der Waals surface area (Å²) >= 11 is 6.12. The number of alkyl halides is 3. The van der Waals surface area contributed by atoms with Crippen LogP contribution in [0.15, 0.2) is 65.8 Å². The number of benzene rings is 2. The number of rotatable bonds is 5. The van der Waals surface area contributed by atoms with Crippen molar-refractivity contribution in [3.05, 3.63) is 77.3 Å². The minimum atomic E-state index is -4.48. The number of imidazole rings is 1. The molecule has 3 aromatic rings. The SMILES string of the molecule is O=C(CS(=O)(=O)c1ccccc1)c1ncn(-c2ccc(C(F)(F)F)cc2)c1Cl. The number of ketones is 1. The smallest absolute Gasteiger partial charge is 0.291 e. The second kappa shape index (κ2) is 7.40. The number of nitrogens with zero attached hydrogens (tertiary/aromatic N) is 2. The van der Waals surface area contributed by atoms with E-state index in [-0.39, 0.29) is 21.4 Å². The molecule has 28 heavy (non-hydrogen) atoms. The Kier molecular flexibility index (Phi) is 5.31. The number of carbonyl (C=O) groups excluding carboxylic acids is 1. The van der Waals surface area contributed by atoms with Gasteiger partial charge < -0.3 is 0 Å². The maximum Gasteiger partial charge on any atom is 0.416 e. The van der Waals surface area contributed by atoms with Crippen molar-refractivity contribution in [3.63, 3.8) is 0 Å². The van der Waals surface area contributed by atoms with E-state index in [0.717, 1.165) is 18.5 Å². The summed E-state index contributed by atoms with van der Waals surface area (Å²) < 4.78 is 63.8. The Labute approximate surface area is 163 Å². The molecule has 0 bridgehead atoms. The summed E-state index contributed by atoms with van der Waals surface area (Å²) in [5, 5.41) is -0.187. The number of Topliss-reactive ketones (excluding diaryl/α,β-unsaturated/α-hetero) is 1. The Hall–Kier alpha value is -2.65. The van der Waals surface area contributed by atoms with Crippen molar-refractivity contribution in [2.45, 2.75) is 11.1 Å². The molecule has 0 saturated heterocycles. The monoisotopic (exact) mass is 428 g/mol. The van der Waals surface area contributed by atoms with E-state index in [0.29, 0.717) is 0 Å². The third kappa shape index (κ3) is 4.10. The first-order chi connectivity index (χ1) is 13.1. The molecule has 5 nitrogen and oxygen atoms in total. The quantitative estimate of drug-likeness (QED) is 0.571. The van der Waals surface area contributed by atoms with Crippen LogP contribution in [0.25, 0.3) is 5.69 Å². The van der Waals surface area contributed by atoms with Crippen LogP contribution in [-0.4, -0.2) is 29.5 Å². The van der Waals surface area contributed by atoms with Crippen molar-refractivity contribution in [1.82, 2.24) is 9.55 Å². The van der Waals surface area contributed by atoms with Gasteiger partial charge in [0.25, 0.3) is 0 Å². The molecule has 0 atom stereocenters. The molecule has 0 unspecified atom stereocenters. The van der Waals surface area contributed by atoms with Gasteiger partial charge in [0.05, 0.1) is 10.5 Å². The van der Waals surface area contributed by atoms with Gasteiger partial charge in [-0.1, -0.05) is 29.8 Å². The highest BCUT2D eigenvalue weighted by molar-refractivity contribution is 7.92. The Morgan fingerprint density at radius 3 is 2.21 bits per heavy atom. The lowest BCUT2D eigenvalue weighted by Gasteiger charge is -2.09. The van der Waals surface area contributed by atoms with Gasteiger partial charge in [0.1, 0.15) is 22.9 Å². The van der Waals surface area contributed by atoms with E-state index < -0.39 is 33.1 Å². The zero-order valence-corrected chi connectivity index (χ0v) is 15.6. The maximum absolute atomic E-state index is 12.7. The van der Waals surface area contributed by atoms with Gasteiger partial charge in [-0.05, 0) is 36.4 Å². The summed E-state index contributed by atoms with van der Waals surface area (Å²) in [6.07, 6.45) is -3.34. The van der Waals surface area contributed by atoms with Gasteiger partial charge >= 0.3 is 6.18 Å². The molecule has 0 saturated carbocycles. The van der Waals surface area contributed by atoms with Crippen molar-refractivity contribution in [2.24, 2.45) is 0 Å². The summed E-state index contributed by atoms with van der Waals surface area (Å²) in [5.74, 6) is -1.65. The molecule has 0 aliphatic heterocycles. The van der Waals surface area contributed by atoms with E-state index in [1.807, 2.05) is 0 Å². The van der Waals surface area contributed by atoms with Gasteiger partial charge in [-0.15, -0.1) is 0 Å². The van der Waals surface area contributed by atoms with Crippen molar-refractivity contribution in [3.8, 4) is 5.69 Å². The lowest BCUT2D eigenvalue weighted by Crippen LogP contribution is -2.17. The number of hydrogen-bond acceptors (Lipinski definition) is 4. The van der Waals surface area contributed by atoms with Gasteiger partial charge in [-0.25, -0.2) is 13.4 Å². The fraction of sp³-hybridized carbons (Fsp3) is 0.111. The number of sulfone groups is 1. The van der Waals surface area contributed by atoms with Crippen LogP contribution >= 0.6 is 11.6 Å². The van der Waals surface area contributed by atoms with Crippen molar-refractivity contribution in [1.29, 1.82) is 0 Å². The van der Waals surface area contributed by atoms with Gasteiger partial charge in [0.15, 0.2) is 15.6 Å². The second-order valence-electron chi connectivity index (χ2n) is 5.79. The fourth-order valence-electron chi connectivity index (χ4n) is 2.46. The molecule has 0 fully saturated rings. The molecule has 2 aromatic carbocycles. The molecule has 0 aliphatic rings. The summed E-state index contributed by atoms with van der Waals surface area (Å²) in [4.78, 5) is 16.2. The fourth-order valence-corrected chi connectivity index (χ4v) is 3.98. The predicted octanol–water partition coefficient (Wildman–Crippen LogP) is 4.20. The molecular formula is C18H12ClF3N2O3S. The molecule has 1 heterocycles. The highest BCUT2D eigenvalue weighted by Crippen LogP contribution is 2.30. The van der Waals surface area contributed by atoms with E-state index in [9.17, 15) is 26.4 Å². The standard InChI is InChI=1S/C18H12ClF3N2O3S/c19-17-16(15(25)10-28(26,27)14-4-2-1-3-5-14)23-11-24(17)13-8-6-12(7-9-13)18(20,21)22/h1-9,11H,10H2. The molecule has 0 N–H and O–H groups in total. The zero-order valence-electron chi connectivity index (χ0n) is 14.0. The minimum absolute atomic E-state index is 0.0124. The van der Waals surface area contributed by atoms with E-state index in [2.05, 4.69) is 4.98 Å². The Morgan fingerprint density at radius 1 is 1.04 bits per heavy atom. The molecule has 146 valence electrons. The molecule has 0 aliphatic carbocycles. The minimum Gasteiger partial charge on any atom is -0.291 e. The summed E-state index contributed by atoms with van der Waals surface area (Å²) in [6.45, 7) is 0. The van der Waals surface area contributed by atoms with Crippen LogP contribution in [-0.2, 0) is 16.0 Å². The molecule has 1 aromatic heterocycles. The van der Waals surface area contributed by atoms with Crippen LogP contribution in [0.1, 0.15) is 16.1 Å². The largest absolute Gasteiger partial charge is 0.416 e. The zero-order chi connectivity index (χ0) is 20.5. The molecule has 10 heteroatoms. The van der Waals surface area contributed by atoms with Gasteiger partial charge in [-0.3, -0.25) is 9.36 Å². The molecule has 0 radical (unpaired) electrons. The van der Waals surface area contributed by atoms with E-state index >= 15 is 0 Å². The van der Waals surface area contributed by atoms with E-state index in [1.165, 1.54) is 41.0 Å². The third-order valence-electron chi connectivity index (χ3n) is 3.87. The molecular weight excluding hydrogens is 417 g/mol. The van der Waals surface area contributed by atoms with E-state index in [4.69, 9.17) is 11.6 Å². The normalized spacial score (nSPS) is 12.1. The van der Waals surface area contributed by atoms with Crippen LogP contribution in [0.5, 0.6) is 0 Å². The Bertz CT molecular complexity index is 1110. The number of hydrogen-bond donors (Lipinski definition) is 0. The molecule has 0 spiro atoms. The second-order valence-corrected chi connectivity index (χ2v) is 8.14. The number of halogens is 4. The van der Waals surface area contributed by atoms with Gasteiger partial charge in [-0.2, -0.15) is 13.2 Å². The van der Waals surface area contributed by atoms with Crippen molar-refractivity contribution in [2.75, 3.05) is 5.75 Å². The predicted molar refractivity (Wildman–Crippen MR) is 96.4 cm³/mol. The first kappa shape index (κ1) is 20.1. The number of carbonyl (C=O) groups is 1. The first-order valence-electron chi connectivity index (χ1n) is 7.81.